The summed E-state index contributed by atoms with van der Waals surface area (Å²) in [5.74, 6) is 1.10. The molecule has 2 aliphatic rings. The van der Waals surface area contributed by atoms with Gasteiger partial charge in [0.15, 0.2) is 0 Å². The predicted molar refractivity (Wildman–Crippen MR) is 77.0 cm³/mol. The van der Waals surface area contributed by atoms with Crippen LogP contribution in [0.2, 0.25) is 5.02 Å². The molecule has 5 heteroatoms. The summed E-state index contributed by atoms with van der Waals surface area (Å²) in [6, 6.07) is 3.05. The van der Waals surface area contributed by atoms with Crippen molar-refractivity contribution in [3.05, 3.63) is 22.3 Å². The fourth-order valence-corrected chi connectivity index (χ4v) is 3.45. The number of hydrogen-bond acceptors (Lipinski definition) is 4. The Morgan fingerprint density at radius 1 is 1.53 bits per heavy atom. The zero-order chi connectivity index (χ0) is 13.6. The predicted octanol–water partition coefficient (Wildman–Crippen LogP) is 2.17. The summed E-state index contributed by atoms with van der Waals surface area (Å²) in [5, 5.41) is 4.19. The van der Waals surface area contributed by atoms with Gasteiger partial charge >= 0.3 is 0 Å². The van der Waals surface area contributed by atoms with Crippen LogP contribution in [-0.2, 0) is 11.2 Å². The standard InChI is InChI=1S/C14H20ClN3O/c1-8-6-16-7-11-4-10-5-12(15)13(9(2)19-3)17-14(10)18(8)11/h5,8-9,11,16H,4,6-7H2,1-3H3. The molecule has 19 heavy (non-hydrogen) atoms. The SMILES string of the molecule is COC(C)c1nc2c(cc1Cl)CC1CNCC(C)N21. The van der Waals surface area contributed by atoms with E-state index in [2.05, 4.69) is 23.2 Å². The third-order valence-corrected chi connectivity index (χ3v) is 4.49. The molecule has 1 aromatic rings. The summed E-state index contributed by atoms with van der Waals surface area (Å²) in [4.78, 5) is 7.24. The molecule has 3 atom stereocenters. The van der Waals surface area contributed by atoms with Crippen LogP contribution in [0.5, 0.6) is 0 Å². The molecule has 0 aliphatic carbocycles. The molecule has 1 fully saturated rings. The number of pyridine rings is 1. The zero-order valence-corrected chi connectivity index (χ0v) is 12.4. The molecule has 1 N–H and O–H groups in total. The van der Waals surface area contributed by atoms with Crippen LogP contribution < -0.4 is 10.2 Å². The van der Waals surface area contributed by atoms with Crippen LogP contribution in [0.1, 0.15) is 31.2 Å². The van der Waals surface area contributed by atoms with Crippen LogP contribution in [0.25, 0.3) is 0 Å². The number of fused-ring (bicyclic) bond motifs is 3. The van der Waals surface area contributed by atoms with E-state index in [1.54, 1.807) is 7.11 Å². The van der Waals surface area contributed by atoms with E-state index in [1.165, 1.54) is 5.56 Å². The van der Waals surface area contributed by atoms with Crippen LogP contribution in [0.4, 0.5) is 5.82 Å². The molecule has 0 spiro atoms. The molecule has 0 aromatic carbocycles. The topological polar surface area (TPSA) is 37.4 Å². The molecule has 0 radical (unpaired) electrons. The minimum atomic E-state index is -0.0740. The molecular weight excluding hydrogens is 262 g/mol. The highest BCUT2D eigenvalue weighted by atomic mass is 35.5. The first-order valence-corrected chi connectivity index (χ1v) is 7.20. The first-order valence-electron chi connectivity index (χ1n) is 6.83. The Morgan fingerprint density at radius 3 is 3.05 bits per heavy atom. The molecule has 4 nitrogen and oxygen atoms in total. The highest BCUT2D eigenvalue weighted by Gasteiger charge is 2.37. The maximum Gasteiger partial charge on any atom is 0.132 e. The number of piperazine rings is 1. The minimum absolute atomic E-state index is 0.0740. The van der Waals surface area contributed by atoms with Crippen LogP contribution in [0.3, 0.4) is 0 Å². The number of anilines is 1. The van der Waals surface area contributed by atoms with Crippen molar-refractivity contribution in [2.24, 2.45) is 0 Å². The van der Waals surface area contributed by atoms with Crippen LogP contribution in [0, 0.1) is 0 Å². The molecule has 3 rings (SSSR count). The zero-order valence-electron chi connectivity index (χ0n) is 11.6. The molecule has 104 valence electrons. The van der Waals surface area contributed by atoms with E-state index in [1.807, 2.05) is 6.92 Å². The van der Waals surface area contributed by atoms with Crippen molar-refractivity contribution in [2.45, 2.75) is 38.5 Å². The summed E-state index contributed by atoms with van der Waals surface area (Å²) in [6.07, 6.45) is 0.955. The quantitative estimate of drug-likeness (QED) is 0.901. The number of nitrogens with one attached hydrogen (secondary N) is 1. The second-order valence-electron chi connectivity index (χ2n) is 5.49. The fourth-order valence-electron chi connectivity index (χ4n) is 3.12. The Kier molecular flexibility index (Phi) is 3.41. The van der Waals surface area contributed by atoms with Crippen molar-refractivity contribution >= 4 is 17.4 Å². The van der Waals surface area contributed by atoms with Gasteiger partial charge in [-0.2, -0.15) is 0 Å². The van der Waals surface area contributed by atoms with Crippen molar-refractivity contribution in [2.75, 3.05) is 25.1 Å². The summed E-state index contributed by atoms with van der Waals surface area (Å²) >= 11 is 6.34. The van der Waals surface area contributed by atoms with Crippen LogP contribution in [0.15, 0.2) is 6.07 Å². The molecule has 1 aromatic heterocycles. The number of halogens is 1. The number of aromatic nitrogens is 1. The minimum Gasteiger partial charge on any atom is -0.375 e. The largest absolute Gasteiger partial charge is 0.375 e. The van der Waals surface area contributed by atoms with E-state index in [-0.39, 0.29) is 6.10 Å². The molecule has 3 unspecified atom stereocenters. The average Bonchev–Trinajstić information content (AvgIpc) is 2.75. The molecule has 2 aliphatic heterocycles. The van der Waals surface area contributed by atoms with Crippen molar-refractivity contribution in [1.29, 1.82) is 0 Å². The van der Waals surface area contributed by atoms with Gasteiger partial charge in [-0.1, -0.05) is 11.6 Å². The Morgan fingerprint density at radius 2 is 2.32 bits per heavy atom. The van der Waals surface area contributed by atoms with Gasteiger partial charge in [-0.15, -0.1) is 0 Å². The maximum absolute atomic E-state index is 6.34. The van der Waals surface area contributed by atoms with Gasteiger partial charge in [-0.3, -0.25) is 0 Å². The van der Waals surface area contributed by atoms with E-state index in [0.717, 1.165) is 31.0 Å². The van der Waals surface area contributed by atoms with Gasteiger partial charge < -0.3 is 15.0 Å². The van der Waals surface area contributed by atoms with Crippen molar-refractivity contribution < 1.29 is 4.74 Å². The van der Waals surface area contributed by atoms with Crippen molar-refractivity contribution in [1.82, 2.24) is 10.3 Å². The number of nitrogens with zero attached hydrogens (tertiary/aromatic N) is 2. The van der Waals surface area contributed by atoms with E-state index in [0.29, 0.717) is 17.1 Å². The Labute approximate surface area is 119 Å². The van der Waals surface area contributed by atoms with E-state index >= 15 is 0 Å². The van der Waals surface area contributed by atoms with E-state index in [4.69, 9.17) is 21.3 Å². The third kappa shape index (κ3) is 2.12. The second-order valence-corrected chi connectivity index (χ2v) is 5.90. The molecule has 0 amide bonds. The smallest absolute Gasteiger partial charge is 0.132 e. The first kappa shape index (κ1) is 13.2. The maximum atomic E-state index is 6.34. The highest BCUT2D eigenvalue weighted by molar-refractivity contribution is 6.31. The lowest BCUT2D eigenvalue weighted by Gasteiger charge is -2.37. The van der Waals surface area contributed by atoms with Gasteiger partial charge in [0, 0.05) is 32.3 Å². The normalized spacial score (nSPS) is 27.1. The van der Waals surface area contributed by atoms with Gasteiger partial charge in [0.05, 0.1) is 16.8 Å². The Balaban J connectivity index is 2.03. The van der Waals surface area contributed by atoms with Gasteiger partial charge in [-0.05, 0) is 31.9 Å². The molecule has 0 bridgehead atoms. The van der Waals surface area contributed by atoms with Gasteiger partial charge in [0.2, 0.25) is 0 Å². The van der Waals surface area contributed by atoms with Crippen molar-refractivity contribution in [3.8, 4) is 0 Å². The van der Waals surface area contributed by atoms with E-state index < -0.39 is 0 Å². The lowest BCUT2D eigenvalue weighted by atomic mass is 10.1. The first-order chi connectivity index (χ1) is 9.11. The van der Waals surface area contributed by atoms with E-state index in [9.17, 15) is 0 Å². The van der Waals surface area contributed by atoms with Crippen LogP contribution in [-0.4, -0.2) is 37.3 Å². The van der Waals surface area contributed by atoms with Gasteiger partial charge in [-0.25, -0.2) is 4.98 Å². The van der Waals surface area contributed by atoms with Gasteiger partial charge in [0.1, 0.15) is 5.82 Å². The van der Waals surface area contributed by atoms with Crippen molar-refractivity contribution in [3.63, 3.8) is 0 Å². The van der Waals surface area contributed by atoms with Gasteiger partial charge in [0.25, 0.3) is 0 Å². The third-order valence-electron chi connectivity index (χ3n) is 4.19. The highest BCUT2D eigenvalue weighted by Crippen LogP contribution is 2.37. The number of ether oxygens (including phenoxy) is 1. The van der Waals surface area contributed by atoms with Crippen LogP contribution >= 0.6 is 11.6 Å². The Bertz CT molecular complexity index is 494. The summed E-state index contributed by atoms with van der Waals surface area (Å²) < 4.78 is 5.36. The average molecular weight is 282 g/mol. The number of rotatable bonds is 2. The molecule has 0 saturated carbocycles. The molecule has 1 saturated heterocycles. The second kappa shape index (κ2) is 4.93. The summed E-state index contributed by atoms with van der Waals surface area (Å²) in [6.45, 7) is 6.25. The Hall–Kier alpha value is -0.840. The number of methoxy groups -OCH3 is 1. The lowest BCUT2D eigenvalue weighted by molar-refractivity contribution is 0.116. The summed E-state index contributed by atoms with van der Waals surface area (Å²) in [7, 11) is 1.69. The summed E-state index contributed by atoms with van der Waals surface area (Å²) in [5.41, 5.74) is 2.10. The molecular formula is C14H20ClN3O. The monoisotopic (exact) mass is 281 g/mol. The lowest BCUT2D eigenvalue weighted by Crippen LogP contribution is -2.55. The fraction of sp³-hybridized carbons (Fsp3) is 0.643. The molecule has 3 heterocycles. The number of hydrogen-bond donors (Lipinski definition) is 1.